The molecular formula is C9H14F2O8. The Kier molecular flexibility index (Phi) is 4.76. The minimum absolute atomic E-state index is 1.00. The summed E-state index contributed by atoms with van der Waals surface area (Å²) in [5.41, 5.74) is 0. The number of carbonyl (C=O) groups is 1. The molecule has 19 heavy (non-hydrogen) atoms. The summed E-state index contributed by atoms with van der Waals surface area (Å²) in [5, 5.41) is 54.3. The summed E-state index contributed by atoms with van der Waals surface area (Å²) in [6.45, 7) is -1.00. The number of ether oxygens (including phenoxy) is 1. The summed E-state index contributed by atoms with van der Waals surface area (Å²) >= 11 is 0. The van der Waals surface area contributed by atoms with Crippen molar-refractivity contribution in [2.24, 2.45) is 0 Å². The van der Waals surface area contributed by atoms with Crippen LogP contribution in [0, 0.1) is 0 Å². The molecule has 0 unspecified atom stereocenters. The first-order valence-electron chi connectivity index (χ1n) is 5.24. The fourth-order valence-corrected chi connectivity index (χ4v) is 1.69. The van der Waals surface area contributed by atoms with Crippen molar-refractivity contribution in [1.29, 1.82) is 0 Å². The summed E-state index contributed by atoms with van der Waals surface area (Å²) in [6.07, 6.45) is -13.9. The van der Waals surface area contributed by atoms with Crippen LogP contribution in [0.25, 0.3) is 0 Å². The number of aliphatic hydroxyl groups excluding tert-OH is 5. The number of halogens is 2. The molecule has 0 amide bonds. The second-order valence-corrected chi connectivity index (χ2v) is 4.16. The van der Waals surface area contributed by atoms with Crippen molar-refractivity contribution in [1.82, 2.24) is 0 Å². The number of aliphatic carboxylic acids is 1. The Morgan fingerprint density at radius 1 is 1.32 bits per heavy atom. The highest BCUT2D eigenvalue weighted by Crippen LogP contribution is 2.35. The minimum atomic E-state index is -3.99. The number of hydrogen-bond acceptors (Lipinski definition) is 7. The number of aliphatic hydroxyl groups is 5. The largest absolute Gasteiger partial charge is 0.477 e. The normalized spacial score (nSPS) is 42.7. The Balaban J connectivity index is 3.04. The van der Waals surface area contributed by atoms with Gasteiger partial charge in [0.1, 0.15) is 30.5 Å². The average molecular weight is 288 g/mol. The second kappa shape index (κ2) is 5.61. The van der Waals surface area contributed by atoms with Crippen molar-refractivity contribution in [2.45, 2.75) is 42.5 Å². The summed E-state index contributed by atoms with van der Waals surface area (Å²) in [4.78, 5) is 10.6. The van der Waals surface area contributed by atoms with Gasteiger partial charge in [-0.1, -0.05) is 0 Å². The Hall–Kier alpha value is -0.910. The monoisotopic (exact) mass is 288 g/mol. The number of hydrogen-bond donors (Lipinski definition) is 6. The fourth-order valence-electron chi connectivity index (χ4n) is 1.69. The molecule has 0 aromatic heterocycles. The van der Waals surface area contributed by atoms with E-state index < -0.39 is 55.1 Å². The minimum Gasteiger partial charge on any atom is -0.477 e. The third kappa shape index (κ3) is 2.68. The zero-order valence-electron chi connectivity index (χ0n) is 9.43. The molecule has 7 atom stereocenters. The average Bonchev–Trinajstić information content (AvgIpc) is 2.38. The summed E-state index contributed by atoms with van der Waals surface area (Å²) in [7, 11) is 0. The van der Waals surface area contributed by atoms with Crippen molar-refractivity contribution >= 4 is 5.97 Å². The van der Waals surface area contributed by atoms with Gasteiger partial charge in [-0.2, -0.15) is 4.39 Å². The van der Waals surface area contributed by atoms with Crippen LogP contribution in [0.5, 0.6) is 0 Å². The standard InChI is InChI=1S/C9H14F2O8/c10-7-5(16)4(15)6(3(14)2(13)1-12)19-9(7,11)8(17)18/h2-7,12-16H,1H2,(H,17,18)/t2-,3-,4-,5-,6+,7-,9+/m1/s1. The number of alkyl halides is 2. The molecule has 0 radical (unpaired) electrons. The lowest BCUT2D eigenvalue weighted by Gasteiger charge is -2.43. The fraction of sp³-hybridized carbons (Fsp3) is 0.889. The van der Waals surface area contributed by atoms with E-state index in [9.17, 15) is 28.9 Å². The van der Waals surface area contributed by atoms with Gasteiger partial charge in [0.2, 0.25) is 0 Å². The molecule has 10 heteroatoms. The molecule has 0 aromatic rings. The Bertz CT molecular complexity index is 338. The molecule has 112 valence electrons. The van der Waals surface area contributed by atoms with Crippen LogP contribution in [0.4, 0.5) is 8.78 Å². The lowest BCUT2D eigenvalue weighted by molar-refractivity contribution is -0.313. The van der Waals surface area contributed by atoms with E-state index in [1.54, 1.807) is 0 Å². The molecule has 0 spiro atoms. The zero-order valence-corrected chi connectivity index (χ0v) is 9.43. The molecular weight excluding hydrogens is 274 g/mol. The Morgan fingerprint density at radius 2 is 1.84 bits per heavy atom. The van der Waals surface area contributed by atoms with E-state index in [2.05, 4.69) is 4.74 Å². The highest BCUT2D eigenvalue weighted by Gasteiger charge is 2.62. The molecule has 1 aliphatic heterocycles. The molecule has 6 N–H and O–H groups in total. The van der Waals surface area contributed by atoms with E-state index in [1.807, 2.05) is 0 Å². The third-order valence-corrected chi connectivity index (χ3v) is 2.86. The molecule has 0 aliphatic carbocycles. The molecule has 0 saturated carbocycles. The van der Waals surface area contributed by atoms with Gasteiger partial charge in [-0.25, -0.2) is 9.18 Å². The van der Waals surface area contributed by atoms with Crippen LogP contribution in [0.3, 0.4) is 0 Å². The van der Waals surface area contributed by atoms with Crippen molar-refractivity contribution in [3.63, 3.8) is 0 Å². The SMILES string of the molecule is O=C(O)[C@@]1(F)O[C@@H]([C@H](O)[C@H](O)CO)[C@H](O)[C@@H](O)[C@H]1F. The first kappa shape index (κ1) is 16.1. The maximum Gasteiger partial charge on any atom is 0.372 e. The van der Waals surface area contributed by atoms with Crippen LogP contribution in [0.1, 0.15) is 0 Å². The lowest BCUT2D eigenvalue weighted by Crippen LogP contribution is -2.67. The first-order valence-corrected chi connectivity index (χ1v) is 5.24. The van der Waals surface area contributed by atoms with E-state index in [4.69, 9.17) is 15.3 Å². The molecule has 8 nitrogen and oxygen atoms in total. The van der Waals surface area contributed by atoms with Gasteiger partial charge >= 0.3 is 11.8 Å². The predicted octanol–water partition coefficient (Wildman–Crippen LogP) is -3.09. The van der Waals surface area contributed by atoms with Crippen molar-refractivity contribution < 1.29 is 49.0 Å². The van der Waals surface area contributed by atoms with E-state index >= 15 is 0 Å². The molecule has 1 fully saturated rings. The molecule has 1 aliphatic rings. The predicted molar refractivity (Wildman–Crippen MR) is 52.4 cm³/mol. The summed E-state index contributed by atoms with van der Waals surface area (Å²) in [6, 6.07) is 0. The topological polar surface area (TPSA) is 148 Å². The smallest absolute Gasteiger partial charge is 0.372 e. The highest BCUT2D eigenvalue weighted by molar-refractivity contribution is 5.76. The Morgan fingerprint density at radius 3 is 2.26 bits per heavy atom. The molecule has 0 bridgehead atoms. The van der Waals surface area contributed by atoms with Gasteiger partial charge in [-0.3, -0.25) is 0 Å². The first-order chi connectivity index (χ1) is 8.66. The van der Waals surface area contributed by atoms with Crippen molar-refractivity contribution in [3.05, 3.63) is 0 Å². The van der Waals surface area contributed by atoms with Crippen LogP contribution in [0.15, 0.2) is 0 Å². The summed E-state index contributed by atoms with van der Waals surface area (Å²) < 4.78 is 31.3. The Labute approximate surface area is 105 Å². The van der Waals surface area contributed by atoms with E-state index in [0.717, 1.165) is 0 Å². The summed E-state index contributed by atoms with van der Waals surface area (Å²) in [5.74, 6) is -6.39. The second-order valence-electron chi connectivity index (χ2n) is 4.16. The van der Waals surface area contributed by atoms with Crippen molar-refractivity contribution in [3.8, 4) is 0 Å². The zero-order chi connectivity index (χ0) is 15.0. The van der Waals surface area contributed by atoms with Crippen LogP contribution >= 0.6 is 0 Å². The number of rotatable bonds is 4. The molecule has 1 saturated heterocycles. The molecule has 0 aromatic carbocycles. The highest BCUT2D eigenvalue weighted by atomic mass is 19.2. The van der Waals surface area contributed by atoms with Crippen LogP contribution < -0.4 is 0 Å². The van der Waals surface area contributed by atoms with Crippen LogP contribution in [-0.4, -0.2) is 85.8 Å². The maximum atomic E-state index is 13.8. The van der Waals surface area contributed by atoms with Gasteiger partial charge in [-0.15, -0.1) is 0 Å². The van der Waals surface area contributed by atoms with Gasteiger partial charge in [0.15, 0.2) is 6.17 Å². The molecule has 1 rings (SSSR count). The van der Waals surface area contributed by atoms with Gasteiger partial charge in [0, 0.05) is 0 Å². The van der Waals surface area contributed by atoms with Crippen LogP contribution in [0.2, 0.25) is 0 Å². The quantitative estimate of drug-likeness (QED) is 0.319. The third-order valence-electron chi connectivity index (χ3n) is 2.86. The van der Waals surface area contributed by atoms with E-state index in [-0.39, 0.29) is 0 Å². The maximum absolute atomic E-state index is 13.8. The number of carboxylic acids is 1. The number of carboxylic acid groups (broad SMARTS) is 1. The van der Waals surface area contributed by atoms with Crippen LogP contribution in [-0.2, 0) is 9.53 Å². The van der Waals surface area contributed by atoms with Gasteiger partial charge < -0.3 is 35.4 Å². The lowest BCUT2D eigenvalue weighted by atomic mass is 9.90. The van der Waals surface area contributed by atoms with E-state index in [0.29, 0.717) is 0 Å². The van der Waals surface area contributed by atoms with Gasteiger partial charge in [0.05, 0.1) is 6.61 Å². The van der Waals surface area contributed by atoms with Gasteiger partial charge in [0.25, 0.3) is 0 Å². The van der Waals surface area contributed by atoms with E-state index in [1.165, 1.54) is 0 Å². The van der Waals surface area contributed by atoms with Crippen molar-refractivity contribution in [2.75, 3.05) is 6.61 Å². The van der Waals surface area contributed by atoms with Gasteiger partial charge in [-0.05, 0) is 0 Å². The molecule has 1 heterocycles.